The standard InChI is InChI=1S/C14H20BrNO3.ClH/c1-19-11-7-9(15)6-10(14(11)18)12(16)13(17)8-4-2-3-5-8;/h6-8,12-13,17-18H,2-5,16H2,1H3;1H/t12-,13+;/m1./s1. The molecular formula is C14H21BrClNO3. The van der Waals surface area contributed by atoms with Crippen molar-refractivity contribution in [2.24, 2.45) is 11.7 Å². The first-order valence-electron chi connectivity index (χ1n) is 6.54. The molecule has 2 atom stereocenters. The van der Waals surface area contributed by atoms with Gasteiger partial charge < -0.3 is 20.7 Å². The SMILES string of the molecule is COc1cc(Br)cc([C@@H](N)[C@@H](O)C2CCCC2)c1O.Cl. The lowest BCUT2D eigenvalue weighted by Crippen LogP contribution is -2.32. The quantitative estimate of drug-likeness (QED) is 0.765. The number of phenols is 1. The minimum atomic E-state index is -0.632. The zero-order chi connectivity index (χ0) is 14.0. The van der Waals surface area contributed by atoms with Crippen LogP contribution in [0.15, 0.2) is 16.6 Å². The van der Waals surface area contributed by atoms with Gasteiger partial charge >= 0.3 is 0 Å². The van der Waals surface area contributed by atoms with Gasteiger partial charge in [0.15, 0.2) is 11.5 Å². The second-order valence-electron chi connectivity index (χ2n) is 5.11. The number of aliphatic hydroxyl groups is 1. The maximum atomic E-state index is 10.4. The van der Waals surface area contributed by atoms with E-state index in [4.69, 9.17) is 10.5 Å². The number of hydrogen-bond donors (Lipinski definition) is 3. The first-order valence-corrected chi connectivity index (χ1v) is 7.34. The minimum absolute atomic E-state index is 0. The molecule has 1 aliphatic rings. The summed E-state index contributed by atoms with van der Waals surface area (Å²) in [4.78, 5) is 0. The Morgan fingerprint density at radius 2 is 1.95 bits per heavy atom. The number of nitrogens with two attached hydrogens (primary N) is 1. The number of aromatic hydroxyl groups is 1. The molecule has 0 amide bonds. The zero-order valence-corrected chi connectivity index (χ0v) is 13.8. The summed E-state index contributed by atoms with van der Waals surface area (Å²) in [6.45, 7) is 0. The number of phenolic OH excluding ortho intramolecular Hbond substituents is 1. The lowest BCUT2D eigenvalue weighted by molar-refractivity contribution is 0.0835. The Hall–Kier alpha value is -0.490. The van der Waals surface area contributed by atoms with Gasteiger partial charge in [0.25, 0.3) is 0 Å². The average Bonchev–Trinajstić information content (AvgIpc) is 2.93. The number of ether oxygens (including phenoxy) is 1. The van der Waals surface area contributed by atoms with Crippen molar-refractivity contribution in [1.29, 1.82) is 0 Å². The van der Waals surface area contributed by atoms with Crippen LogP contribution in [0.5, 0.6) is 11.5 Å². The first kappa shape index (κ1) is 17.6. The van der Waals surface area contributed by atoms with Crippen molar-refractivity contribution in [2.45, 2.75) is 37.8 Å². The summed E-state index contributed by atoms with van der Waals surface area (Å²) < 4.78 is 5.87. The molecule has 20 heavy (non-hydrogen) atoms. The Morgan fingerprint density at radius 1 is 1.35 bits per heavy atom. The van der Waals surface area contributed by atoms with E-state index in [-0.39, 0.29) is 24.1 Å². The molecule has 0 radical (unpaired) electrons. The molecular weight excluding hydrogens is 346 g/mol. The summed E-state index contributed by atoms with van der Waals surface area (Å²) in [5.41, 5.74) is 6.64. The Labute approximate surface area is 133 Å². The van der Waals surface area contributed by atoms with Crippen molar-refractivity contribution < 1.29 is 14.9 Å². The first-order chi connectivity index (χ1) is 9.04. The molecule has 1 aromatic rings. The Bertz CT molecular complexity index is 452. The van der Waals surface area contributed by atoms with Crippen molar-refractivity contribution in [2.75, 3.05) is 7.11 Å². The van der Waals surface area contributed by atoms with Crippen LogP contribution in [0.1, 0.15) is 37.3 Å². The van der Waals surface area contributed by atoms with Gasteiger partial charge in [0.1, 0.15) is 0 Å². The summed E-state index contributed by atoms with van der Waals surface area (Å²) in [5, 5.41) is 20.5. The van der Waals surface area contributed by atoms with E-state index in [1.165, 1.54) is 7.11 Å². The second-order valence-corrected chi connectivity index (χ2v) is 6.02. The summed E-state index contributed by atoms with van der Waals surface area (Å²) in [7, 11) is 1.49. The van der Waals surface area contributed by atoms with Gasteiger partial charge in [-0.05, 0) is 30.9 Å². The van der Waals surface area contributed by atoms with Gasteiger partial charge in [-0.1, -0.05) is 28.8 Å². The number of methoxy groups -OCH3 is 1. The zero-order valence-electron chi connectivity index (χ0n) is 11.4. The third-order valence-electron chi connectivity index (χ3n) is 3.90. The molecule has 0 spiro atoms. The molecule has 4 nitrogen and oxygen atoms in total. The Kier molecular flexibility index (Phi) is 6.58. The maximum absolute atomic E-state index is 10.4. The van der Waals surface area contributed by atoms with Crippen LogP contribution < -0.4 is 10.5 Å². The molecule has 0 aliphatic heterocycles. The number of halogens is 2. The van der Waals surface area contributed by atoms with Crippen LogP contribution in [0.2, 0.25) is 0 Å². The second kappa shape index (κ2) is 7.50. The van der Waals surface area contributed by atoms with E-state index in [2.05, 4.69) is 15.9 Å². The molecule has 1 aromatic carbocycles. The van der Waals surface area contributed by atoms with Crippen LogP contribution in [-0.2, 0) is 0 Å². The number of rotatable bonds is 4. The highest BCUT2D eigenvalue weighted by molar-refractivity contribution is 9.10. The van der Waals surface area contributed by atoms with Crippen molar-refractivity contribution in [1.82, 2.24) is 0 Å². The van der Waals surface area contributed by atoms with Gasteiger partial charge in [0.2, 0.25) is 0 Å². The summed E-state index contributed by atoms with van der Waals surface area (Å²) in [6.07, 6.45) is 3.65. The van der Waals surface area contributed by atoms with Gasteiger partial charge in [0, 0.05) is 10.0 Å². The molecule has 0 aromatic heterocycles. The third kappa shape index (κ3) is 3.58. The van der Waals surface area contributed by atoms with Crippen LogP contribution in [-0.4, -0.2) is 23.4 Å². The van der Waals surface area contributed by atoms with Crippen molar-refractivity contribution in [3.05, 3.63) is 22.2 Å². The topological polar surface area (TPSA) is 75.7 Å². The summed E-state index contributed by atoms with van der Waals surface area (Å²) in [6, 6.07) is 2.81. The molecule has 0 unspecified atom stereocenters. The highest BCUT2D eigenvalue weighted by Crippen LogP contribution is 2.40. The Balaban J connectivity index is 0.00000200. The smallest absolute Gasteiger partial charge is 0.162 e. The largest absolute Gasteiger partial charge is 0.504 e. The van der Waals surface area contributed by atoms with Crippen molar-refractivity contribution in [3.63, 3.8) is 0 Å². The number of aliphatic hydroxyl groups excluding tert-OH is 1. The van der Waals surface area contributed by atoms with Gasteiger partial charge in [-0.3, -0.25) is 0 Å². The molecule has 1 aliphatic carbocycles. The molecule has 6 heteroatoms. The predicted molar refractivity (Wildman–Crippen MR) is 84.5 cm³/mol. The van der Waals surface area contributed by atoms with E-state index in [1.807, 2.05) is 0 Å². The van der Waals surface area contributed by atoms with E-state index in [1.54, 1.807) is 12.1 Å². The van der Waals surface area contributed by atoms with E-state index in [0.717, 1.165) is 30.2 Å². The lowest BCUT2D eigenvalue weighted by atomic mass is 9.90. The normalized spacial score (nSPS) is 18.4. The summed E-state index contributed by atoms with van der Waals surface area (Å²) >= 11 is 3.36. The molecule has 0 bridgehead atoms. The number of benzene rings is 1. The molecule has 114 valence electrons. The molecule has 0 saturated heterocycles. The fourth-order valence-electron chi connectivity index (χ4n) is 2.78. The Morgan fingerprint density at radius 3 is 2.50 bits per heavy atom. The molecule has 0 heterocycles. The fourth-order valence-corrected chi connectivity index (χ4v) is 3.23. The average molecular weight is 367 g/mol. The van der Waals surface area contributed by atoms with Crippen LogP contribution >= 0.6 is 28.3 Å². The van der Waals surface area contributed by atoms with E-state index in [0.29, 0.717) is 11.3 Å². The maximum Gasteiger partial charge on any atom is 0.162 e. The van der Waals surface area contributed by atoms with E-state index >= 15 is 0 Å². The van der Waals surface area contributed by atoms with Gasteiger partial charge in [-0.15, -0.1) is 12.4 Å². The van der Waals surface area contributed by atoms with Crippen molar-refractivity contribution >= 4 is 28.3 Å². The van der Waals surface area contributed by atoms with Crippen LogP contribution in [0.3, 0.4) is 0 Å². The third-order valence-corrected chi connectivity index (χ3v) is 4.36. The summed E-state index contributed by atoms with van der Waals surface area (Å²) in [5.74, 6) is 0.591. The van der Waals surface area contributed by atoms with Crippen LogP contribution in [0.4, 0.5) is 0 Å². The van der Waals surface area contributed by atoms with Crippen LogP contribution in [0, 0.1) is 5.92 Å². The van der Waals surface area contributed by atoms with E-state index in [9.17, 15) is 10.2 Å². The minimum Gasteiger partial charge on any atom is -0.504 e. The van der Waals surface area contributed by atoms with Gasteiger partial charge in [-0.2, -0.15) is 0 Å². The molecule has 2 rings (SSSR count). The van der Waals surface area contributed by atoms with Crippen LogP contribution in [0.25, 0.3) is 0 Å². The number of hydrogen-bond acceptors (Lipinski definition) is 4. The molecule has 4 N–H and O–H groups in total. The van der Waals surface area contributed by atoms with E-state index < -0.39 is 12.1 Å². The van der Waals surface area contributed by atoms with Gasteiger partial charge in [0.05, 0.1) is 19.3 Å². The fraction of sp³-hybridized carbons (Fsp3) is 0.571. The highest BCUT2D eigenvalue weighted by atomic mass is 79.9. The lowest BCUT2D eigenvalue weighted by Gasteiger charge is -2.25. The van der Waals surface area contributed by atoms with Gasteiger partial charge in [-0.25, -0.2) is 0 Å². The molecule has 1 saturated carbocycles. The highest BCUT2D eigenvalue weighted by Gasteiger charge is 2.30. The predicted octanol–water partition coefficient (Wildman–Crippen LogP) is 3.14. The molecule has 1 fully saturated rings. The monoisotopic (exact) mass is 365 g/mol. The van der Waals surface area contributed by atoms with Crippen molar-refractivity contribution in [3.8, 4) is 11.5 Å².